The number of thiophene rings is 1. The number of pyridine rings is 1. The number of halogens is 2. The minimum Gasteiger partial charge on any atom is -0.476 e. The second-order valence-electron chi connectivity index (χ2n) is 3.71. The normalized spacial score (nSPS) is 10.4. The SMILES string of the molecule is O=C(O)c1nc(NCCc2ccc(Br)s2)ccc1Cl. The molecule has 0 saturated carbocycles. The number of hydrogen-bond acceptors (Lipinski definition) is 4. The van der Waals surface area contributed by atoms with Crippen LogP contribution in [0.3, 0.4) is 0 Å². The van der Waals surface area contributed by atoms with Gasteiger partial charge in [0.25, 0.3) is 0 Å². The summed E-state index contributed by atoms with van der Waals surface area (Å²) < 4.78 is 1.10. The Morgan fingerprint density at radius 3 is 2.84 bits per heavy atom. The maximum absolute atomic E-state index is 10.9. The first-order chi connectivity index (χ1) is 9.06. The van der Waals surface area contributed by atoms with Crippen LogP contribution in [-0.4, -0.2) is 22.6 Å². The Hall–Kier alpha value is -1.11. The van der Waals surface area contributed by atoms with Gasteiger partial charge >= 0.3 is 5.97 Å². The molecule has 2 aromatic heterocycles. The van der Waals surface area contributed by atoms with Gasteiger partial charge in [-0.05, 0) is 46.6 Å². The summed E-state index contributed by atoms with van der Waals surface area (Å²) in [5.74, 6) is -0.617. The molecule has 2 rings (SSSR count). The first-order valence-electron chi connectivity index (χ1n) is 5.44. The van der Waals surface area contributed by atoms with Crippen molar-refractivity contribution in [3.05, 3.63) is 43.6 Å². The lowest BCUT2D eigenvalue weighted by Gasteiger charge is -2.06. The van der Waals surface area contributed by atoms with Crippen molar-refractivity contribution >= 4 is 50.7 Å². The number of anilines is 1. The highest BCUT2D eigenvalue weighted by molar-refractivity contribution is 9.11. The smallest absolute Gasteiger partial charge is 0.356 e. The molecule has 0 amide bonds. The van der Waals surface area contributed by atoms with Crippen molar-refractivity contribution in [1.29, 1.82) is 0 Å². The Balaban J connectivity index is 1.96. The first kappa shape index (κ1) is 14.3. The fraction of sp³-hybridized carbons (Fsp3) is 0.167. The molecule has 2 N–H and O–H groups in total. The molecule has 0 spiro atoms. The third-order valence-electron chi connectivity index (χ3n) is 2.35. The van der Waals surface area contributed by atoms with E-state index >= 15 is 0 Å². The van der Waals surface area contributed by atoms with E-state index in [4.69, 9.17) is 16.7 Å². The van der Waals surface area contributed by atoms with E-state index in [0.29, 0.717) is 12.4 Å². The lowest BCUT2D eigenvalue weighted by atomic mass is 10.3. The van der Waals surface area contributed by atoms with Gasteiger partial charge in [0.05, 0.1) is 8.81 Å². The fourth-order valence-electron chi connectivity index (χ4n) is 1.49. The molecular formula is C12H10BrClN2O2S. The summed E-state index contributed by atoms with van der Waals surface area (Å²) in [4.78, 5) is 16.1. The number of nitrogens with one attached hydrogen (secondary N) is 1. The predicted molar refractivity (Wildman–Crippen MR) is 80.4 cm³/mol. The predicted octanol–water partition coefficient (Wildman–Crippen LogP) is 3.91. The Kier molecular flexibility index (Phi) is 4.79. The monoisotopic (exact) mass is 360 g/mol. The topological polar surface area (TPSA) is 62.2 Å². The van der Waals surface area contributed by atoms with E-state index in [2.05, 4.69) is 26.2 Å². The van der Waals surface area contributed by atoms with Crippen molar-refractivity contribution in [2.45, 2.75) is 6.42 Å². The average molecular weight is 362 g/mol. The Morgan fingerprint density at radius 1 is 1.42 bits per heavy atom. The molecule has 0 aromatic carbocycles. The van der Waals surface area contributed by atoms with Gasteiger partial charge in [0.15, 0.2) is 5.69 Å². The zero-order chi connectivity index (χ0) is 13.8. The van der Waals surface area contributed by atoms with Crippen molar-refractivity contribution in [3.63, 3.8) is 0 Å². The Labute approximate surface area is 127 Å². The summed E-state index contributed by atoms with van der Waals surface area (Å²) in [6.07, 6.45) is 0.850. The number of rotatable bonds is 5. The van der Waals surface area contributed by atoms with Crippen LogP contribution in [0.15, 0.2) is 28.1 Å². The van der Waals surface area contributed by atoms with Crippen LogP contribution in [-0.2, 0) is 6.42 Å². The zero-order valence-electron chi connectivity index (χ0n) is 9.69. The third-order valence-corrected chi connectivity index (χ3v) is 4.34. The number of carbonyl (C=O) groups is 1. The lowest BCUT2D eigenvalue weighted by molar-refractivity contribution is 0.0691. The van der Waals surface area contributed by atoms with E-state index in [1.807, 2.05) is 12.1 Å². The molecule has 0 saturated heterocycles. The van der Waals surface area contributed by atoms with Crippen molar-refractivity contribution in [3.8, 4) is 0 Å². The molecule has 0 aliphatic carbocycles. The number of aromatic nitrogens is 1. The van der Waals surface area contributed by atoms with Crippen LogP contribution in [0.5, 0.6) is 0 Å². The van der Waals surface area contributed by atoms with Gasteiger partial charge in [-0.3, -0.25) is 0 Å². The summed E-state index contributed by atoms with van der Waals surface area (Å²) >= 11 is 10.8. The molecule has 2 heterocycles. The lowest BCUT2D eigenvalue weighted by Crippen LogP contribution is -2.08. The maximum atomic E-state index is 10.9. The van der Waals surface area contributed by atoms with Gasteiger partial charge in [0, 0.05) is 11.4 Å². The molecular weight excluding hydrogens is 352 g/mol. The van der Waals surface area contributed by atoms with E-state index in [1.54, 1.807) is 17.4 Å². The molecule has 7 heteroatoms. The standard InChI is InChI=1S/C12H10BrClN2O2S/c13-9-3-1-7(19-9)5-6-15-10-4-2-8(14)11(16-10)12(17)18/h1-4H,5-6H2,(H,15,16)(H,17,18). The average Bonchev–Trinajstić information content (AvgIpc) is 2.77. The van der Waals surface area contributed by atoms with E-state index in [0.717, 1.165) is 10.2 Å². The van der Waals surface area contributed by atoms with Gasteiger partial charge < -0.3 is 10.4 Å². The number of hydrogen-bond donors (Lipinski definition) is 2. The molecule has 2 aromatic rings. The van der Waals surface area contributed by atoms with Gasteiger partial charge in [-0.1, -0.05) is 11.6 Å². The molecule has 4 nitrogen and oxygen atoms in total. The van der Waals surface area contributed by atoms with E-state index in [-0.39, 0.29) is 10.7 Å². The number of nitrogens with zero attached hydrogens (tertiary/aromatic N) is 1. The van der Waals surface area contributed by atoms with Crippen molar-refractivity contribution < 1.29 is 9.90 Å². The minimum atomic E-state index is -1.13. The largest absolute Gasteiger partial charge is 0.476 e. The molecule has 0 aliphatic heterocycles. The Morgan fingerprint density at radius 2 is 2.21 bits per heavy atom. The van der Waals surface area contributed by atoms with Crippen molar-refractivity contribution in [2.75, 3.05) is 11.9 Å². The van der Waals surface area contributed by atoms with Gasteiger partial charge in [0.2, 0.25) is 0 Å². The summed E-state index contributed by atoms with van der Waals surface area (Å²) in [5.41, 5.74) is -0.134. The molecule has 100 valence electrons. The van der Waals surface area contributed by atoms with Crippen LogP contribution in [0.2, 0.25) is 5.02 Å². The number of carboxylic acid groups (broad SMARTS) is 1. The van der Waals surface area contributed by atoms with Gasteiger partial charge in [0.1, 0.15) is 5.82 Å². The van der Waals surface area contributed by atoms with E-state index < -0.39 is 5.97 Å². The van der Waals surface area contributed by atoms with Crippen LogP contribution in [0.1, 0.15) is 15.4 Å². The van der Waals surface area contributed by atoms with E-state index in [9.17, 15) is 4.79 Å². The quantitative estimate of drug-likeness (QED) is 0.847. The van der Waals surface area contributed by atoms with Crippen LogP contribution < -0.4 is 5.32 Å². The number of carboxylic acids is 1. The van der Waals surface area contributed by atoms with E-state index in [1.165, 1.54) is 10.9 Å². The highest BCUT2D eigenvalue weighted by Crippen LogP contribution is 2.22. The Bertz CT molecular complexity index is 603. The molecule has 0 aliphatic rings. The number of aromatic carboxylic acids is 1. The molecule has 0 atom stereocenters. The van der Waals surface area contributed by atoms with Crippen LogP contribution in [0, 0.1) is 0 Å². The fourth-order valence-corrected chi connectivity index (χ4v) is 3.16. The molecule has 0 radical (unpaired) electrons. The van der Waals surface area contributed by atoms with Crippen molar-refractivity contribution in [2.24, 2.45) is 0 Å². The van der Waals surface area contributed by atoms with Gasteiger partial charge in [-0.2, -0.15) is 0 Å². The third kappa shape index (κ3) is 3.92. The molecule has 0 unspecified atom stereocenters. The molecule has 0 bridgehead atoms. The highest BCUT2D eigenvalue weighted by Gasteiger charge is 2.11. The molecule has 19 heavy (non-hydrogen) atoms. The van der Waals surface area contributed by atoms with Crippen LogP contribution in [0.4, 0.5) is 5.82 Å². The summed E-state index contributed by atoms with van der Waals surface area (Å²) in [5, 5.41) is 12.1. The molecule has 0 fully saturated rings. The summed E-state index contributed by atoms with van der Waals surface area (Å²) in [7, 11) is 0. The second-order valence-corrected chi connectivity index (χ2v) is 6.67. The minimum absolute atomic E-state index is 0.134. The second kappa shape index (κ2) is 6.36. The highest BCUT2D eigenvalue weighted by atomic mass is 79.9. The van der Waals surface area contributed by atoms with Crippen molar-refractivity contribution in [1.82, 2.24) is 4.98 Å². The van der Waals surface area contributed by atoms with Gasteiger partial charge in [-0.25, -0.2) is 9.78 Å². The summed E-state index contributed by atoms with van der Waals surface area (Å²) in [6, 6.07) is 7.25. The maximum Gasteiger partial charge on any atom is 0.356 e. The zero-order valence-corrected chi connectivity index (χ0v) is 12.8. The first-order valence-corrected chi connectivity index (χ1v) is 7.43. The van der Waals surface area contributed by atoms with Gasteiger partial charge in [-0.15, -0.1) is 11.3 Å². The van der Waals surface area contributed by atoms with Crippen LogP contribution in [0.25, 0.3) is 0 Å². The van der Waals surface area contributed by atoms with Crippen LogP contribution >= 0.6 is 38.9 Å². The summed E-state index contributed by atoms with van der Waals surface area (Å²) in [6.45, 7) is 0.681.